The summed E-state index contributed by atoms with van der Waals surface area (Å²) in [5.74, 6) is 1.93. The van der Waals surface area contributed by atoms with Crippen molar-refractivity contribution >= 4 is 11.0 Å². The van der Waals surface area contributed by atoms with Gasteiger partial charge in [-0.1, -0.05) is 0 Å². The van der Waals surface area contributed by atoms with Crippen molar-refractivity contribution in [1.29, 1.82) is 0 Å². The molecule has 114 valence electrons. The standard InChI is InChI=1S/C15H23N5O/c1-21-12-2-3-14-13(10-12)18-15(20(14)7-4-16)11-19-8-5-17-6-9-19/h2-3,10,17H,4-9,11,16H2,1H3. The van der Waals surface area contributed by atoms with E-state index in [1.54, 1.807) is 7.11 Å². The first-order valence-electron chi connectivity index (χ1n) is 7.48. The van der Waals surface area contributed by atoms with Crippen LogP contribution in [0.3, 0.4) is 0 Å². The molecule has 1 aliphatic heterocycles. The number of nitrogens with zero attached hydrogens (tertiary/aromatic N) is 3. The first kappa shape index (κ1) is 14.3. The van der Waals surface area contributed by atoms with E-state index in [1.165, 1.54) is 0 Å². The Morgan fingerprint density at radius 3 is 2.86 bits per heavy atom. The third-order valence-electron chi connectivity index (χ3n) is 3.96. The predicted molar refractivity (Wildman–Crippen MR) is 83.5 cm³/mol. The number of nitrogens with two attached hydrogens (primary N) is 1. The van der Waals surface area contributed by atoms with Gasteiger partial charge in [0.05, 0.1) is 24.7 Å². The van der Waals surface area contributed by atoms with E-state index in [1.807, 2.05) is 12.1 Å². The van der Waals surface area contributed by atoms with Crippen molar-refractivity contribution in [3.8, 4) is 5.75 Å². The van der Waals surface area contributed by atoms with E-state index in [-0.39, 0.29) is 0 Å². The lowest BCUT2D eigenvalue weighted by atomic mass is 10.3. The smallest absolute Gasteiger partial charge is 0.124 e. The molecule has 6 heteroatoms. The van der Waals surface area contributed by atoms with Gasteiger partial charge in [0, 0.05) is 45.3 Å². The maximum absolute atomic E-state index is 5.77. The Morgan fingerprint density at radius 1 is 1.33 bits per heavy atom. The van der Waals surface area contributed by atoms with Crippen molar-refractivity contribution in [1.82, 2.24) is 19.8 Å². The van der Waals surface area contributed by atoms with Crippen molar-refractivity contribution in [3.05, 3.63) is 24.0 Å². The van der Waals surface area contributed by atoms with Crippen LogP contribution in [0.1, 0.15) is 5.82 Å². The molecule has 0 radical (unpaired) electrons. The largest absolute Gasteiger partial charge is 0.497 e. The molecule has 0 saturated carbocycles. The molecule has 3 N–H and O–H groups in total. The van der Waals surface area contributed by atoms with Gasteiger partial charge >= 0.3 is 0 Å². The summed E-state index contributed by atoms with van der Waals surface area (Å²) in [6.07, 6.45) is 0. The Kier molecular flexibility index (Phi) is 4.38. The van der Waals surface area contributed by atoms with Gasteiger partial charge in [-0.3, -0.25) is 4.90 Å². The van der Waals surface area contributed by atoms with Crippen LogP contribution in [-0.4, -0.2) is 54.3 Å². The van der Waals surface area contributed by atoms with Gasteiger partial charge in [0.15, 0.2) is 0 Å². The summed E-state index contributed by atoms with van der Waals surface area (Å²) >= 11 is 0. The average Bonchev–Trinajstić information content (AvgIpc) is 2.85. The zero-order valence-electron chi connectivity index (χ0n) is 12.5. The van der Waals surface area contributed by atoms with Gasteiger partial charge in [0.25, 0.3) is 0 Å². The molecule has 1 saturated heterocycles. The first-order chi connectivity index (χ1) is 10.3. The second kappa shape index (κ2) is 6.43. The van der Waals surface area contributed by atoms with Gasteiger partial charge < -0.3 is 20.4 Å². The Balaban J connectivity index is 1.93. The van der Waals surface area contributed by atoms with E-state index in [0.717, 1.165) is 61.9 Å². The summed E-state index contributed by atoms with van der Waals surface area (Å²) in [6, 6.07) is 6.04. The molecule has 0 spiro atoms. The lowest BCUT2D eigenvalue weighted by Crippen LogP contribution is -2.43. The Bertz CT molecular complexity index is 603. The highest BCUT2D eigenvalue weighted by atomic mass is 16.5. The summed E-state index contributed by atoms with van der Waals surface area (Å²) in [5, 5.41) is 3.38. The van der Waals surface area contributed by atoms with E-state index in [0.29, 0.717) is 6.54 Å². The molecule has 21 heavy (non-hydrogen) atoms. The van der Waals surface area contributed by atoms with E-state index in [2.05, 4.69) is 20.9 Å². The van der Waals surface area contributed by atoms with E-state index in [9.17, 15) is 0 Å². The number of benzene rings is 1. The Morgan fingerprint density at radius 2 is 2.14 bits per heavy atom. The zero-order chi connectivity index (χ0) is 14.7. The lowest BCUT2D eigenvalue weighted by Gasteiger charge is -2.27. The number of hydrogen-bond acceptors (Lipinski definition) is 5. The maximum atomic E-state index is 5.77. The number of piperazine rings is 1. The summed E-state index contributed by atoms with van der Waals surface area (Å²) < 4.78 is 7.52. The summed E-state index contributed by atoms with van der Waals surface area (Å²) in [5.41, 5.74) is 7.88. The van der Waals surface area contributed by atoms with Crippen molar-refractivity contribution in [2.75, 3.05) is 39.8 Å². The molecule has 0 bridgehead atoms. The fourth-order valence-electron chi connectivity index (χ4n) is 2.86. The number of ether oxygens (including phenoxy) is 1. The van der Waals surface area contributed by atoms with Crippen LogP contribution in [0.4, 0.5) is 0 Å². The molecular weight excluding hydrogens is 266 g/mol. The molecule has 1 fully saturated rings. The van der Waals surface area contributed by atoms with E-state index >= 15 is 0 Å². The molecule has 2 heterocycles. The predicted octanol–water partition coefficient (Wildman–Crippen LogP) is 0.409. The third kappa shape index (κ3) is 3.02. The highest BCUT2D eigenvalue weighted by Gasteiger charge is 2.16. The minimum atomic E-state index is 0.617. The summed E-state index contributed by atoms with van der Waals surface area (Å²) in [4.78, 5) is 7.23. The van der Waals surface area contributed by atoms with Gasteiger partial charge in [0.1, 0.15) is 11.6 Å². The number of imidazole rings is 1. The van der Waals surface area contributed by atoms with Crippen molar-refractivity contribution in [2.24, 2.45) is 5.73 Å². The second-order valence-corrected chi connectivity index (χ2v) is 5.35. The van der Waals surface area contributed by atoms with Crippen molar-refractivity contribution in [3.63, 3.8) is 0 Å². The van der Waals surface area contributed by atoms with Crippen molar-refractivity contribution < 1.29 is 4.74 Å². The summed E-state index contributed by atoms with van der Waals surface area (Å²) in [7, 11) is 1.68. The molecule has 3 rings (SSSR count). The quantitative estimate of drug-likeness (QED) is 0.834. The SMILES string of the molecule is COc1ccc2c(c1)nc(CN1CCNCC1)n2CCN. The fraction of sp³-hybridized carbons (Fsp3) is 0.533. The van der Waals surface area contributed by atoms with Crippen LogP contribution in [0.2, 0.25) is 0 Å². The average molecular weight is 289 g/mol. The number of nitrogens with one attached hydrogen (secondary N) is 1. The molecule has 6 nitrogen and oxygen atoms in total. The number of aromatic nitrogens is 2. The van der Waals surface area contributed by atoms with Crippen LogP contribution in [-0.2, 0) is 13.1 Å². The molecule has 0 aliphatic carbocycles. The van der Waals surface area contributed by atoms with Crippen LogP contribution < -0.4 is 15.8 Å². The number of rotatable bonds is 5. The van der Waals surface area contributed by atoms with Crippen LogP contribution in [0.15, 0.2) is 18.2 Å². The first-order valence-corrected chi connectivity index (χ1v) is 7.48. The van der Waals surface area contributed by atoms with Gasteiger partial charge in [-0.2, -0.15) is 0 Å². The second-order valence-electron chi connectivity index (χ2n) is 5.35. The van der Waals surface area contributed by atoms with Crippen LogP contribution in [0.25, 0.3) is 11.0 Å². The topological polar surface area (TPSA) is 68.3 Å². The third-order valence-corrected chi connectivity index (χ3v) is 3.96. The molecule has 2 aromatic rings. The van der Waals surface area contributed by atoms with E-state index in [4.69, 9.17) is 15.5 Å². The van der Waals surface area contributed by atoms with Gasteiger partial charge in [-0.15, -0.1) is 0 Å². The van der Waals surface area contributed by atoms with Gasteiger partial charge in [0.2, 0.25) is 0 Å². The highest BCUT2D eigenvalue weighted by molar-refractivity contribution is 5.77. The number of hydrogen-bond donors (Lipinski definition) is 2. The molecule has 1 aromatic carbocycles. The Hall–Kier alpha value is -1.63. The summed E-state index contributed by atoms with van der Waals surface area (Å²) in [6.45, 7) is 6.51. The van der Waals surface area contributed by atoms with Crippen LogP contribution in [0.5, 0.6) is 5.75 Å². The monoisotopic (exact) mass is 289 g/mol. The highest BCUT2D eigenvalue weighted by Crippen LogP contribution is 2.22. The lowest BCUT2D eigenvalue weighted by molar-refractivity contribution is 0.225. The fourth-order valence-corrected chi connectivity index (χ4v) is 2.86. The Labute approximate surface area is 124 Å². The minimum absolute atomic E-state index is 0.617. The van der Waals surface area contributed by atoms with Gasteiger partial charge in [-0.05, 0) is 12.1 Å². The van der Waals surface area contributed by atoms with Gasteiger partial charge in [-0.25, -0.2) is 4.98 Å². The number of methoxy groups -OCH3 is 1. The molecule has 1 aromatic heterocycles. The normalized spacial score (nSPS) is 16.5. The molecule has 0 unspecified atom stereocenters. The van der Waals surface area contributed by atoms with Crippen LogP contribution in [0, 0.1) is 0 Å². The molecular formula is C15H23N5O. The van der Waals surface area contributed by atoms with E-state index < -0.39 is 0 Å². The zero-order valence-corrected chi connectivity index (χ0v) is 12.5. The number of fused-ring (bicyclic) bond motifs is 1. The minimum Gasteiger partial charge on any atom is -0.497 e. The molecule has 0 amide bonds. The maximum Gasteiger partial charge on any atom is 0.124 e. The molecule has 1 aliphatic rings. The molecule has 0 atom stereocenters. The van der Waals surface area contributed by atoms with Crippen LogP contribution >= 0.6 is 0 Å². The van der Waals surface area contributed by atoms with Crippen molar-refractivity contribution in [2.45, 2.75) is 13.1 Å².